The lowest BCUT2D eigenvalue weighted by Crippen LogP contribution is -2.05. The van der Waals surface area contributed by atoms with Gasteiger partial charge in [0.05, 0.1) is 10.6 Å². The highest BCUT2D eigenvalue weighted by Gasteiger charge is 2.11. The number of aromatic carboxylic acids is 1. The molecule has 19 heavy (non-hydrogen) atoms. The highest BCUT2D eigenvalue weighted by Crippen LogP contribution is 2.22. The minimum Gasteiger partial charge on any atom is -0.486 e. The van der Waals surface area contributed by atoms with Crippen LogP contribution in [0.2, 0.25) is 5.02 Å². The van der Waals surface area contributed by atoms with Crippen LogP contribution in [0.1, 0.15) is 22.0 Å². The fourth-order valence-electron chi connectivity index (χ4n) is 1.48. The molecule has 0 radical (unpaired) electrons. The van der Waals surface area contributed by atoms with Gasteiger partial charge in [-0.3, -0.25) is 0 Å². The minimum absolute atomic E-state index is 0.00770. The molecule has 0 bridgehead atoms. The molecule has 1 N–H and O–H groups in total. The van der Waals surface area contributed by atoms with Crippen LogP contribution in [0.5, 0.6) is 5.75 Å². The van der Waals surface area contributed by atoms with E-state index in [9.17, 15) is 4.79 Å². The number of halogens is 1. The highest BCUT2D eigenvalue weighted by atomic mass is 35.5. The summed E-state index contributed by atoms with van der Waals surface area (Å²) in [6.45, 7) is 2.04. The lowest BCUT2D eigenvalue weighted by molar-refractivity contribution is 0.0696. The van der Waals surface area contributed by atoms with Gasteiger partial charge in [0, 0.05) is 7.05 Å². The Morgan fingerprint density at radius 2 is 2.21 bits per heavy atom. The average molecular weight is 282 g/mol. The number of rotatable bonds is 4. The van der Waals surface area contributed by atoms with Crippen LogP contribution in [0.15, 0.2) is 18.2 Å². The van der Waals surface area contributed by atoms with Crippen molar-refractivity contribution < 1.29 is 14.6 Å². The first-order chi connectivity index (χ1) is 8.99. The maximum absolute atomic E-state index is 10.9. The Kier molecular flexibility index (Phi) is 3.71. The third-order valence-electron chi connectivity index (χ3n) is 2.72. The summed E-state index contributed by atoms with van der Waals surface area (Å²) >= 11 is 5.77. The molecular formula is C12H12ClN3O3. The fourth-order valence-corrected chi connectivity index (χ4v) is 1.68. The average Bonchev–Trinajstić information content (AvgIpc) is 2.69. The molecule has 0 aliphatic rings. The lowest BCUT2D eigenvalue weighted by Gasteiger charge is -2.07. The van der Waals surface area contributed by atoms with Gasteiger partial charge in [-0.2, -0.15) is 0 Å². The standard InChI is InChI=1S/C12H12ClN3O3/c1-7-14-15-11(16(7)2)6-19-8-3-4-10(13)9(5-8)12(17)18/h3-5H,6H2,1-2H3,(H,17,18). The summed E-state index contributed by atoms with van der Waals surface area (Å²) in [6.07, 6.45) is 0. The van der Waals surface area contributed by atoms with E-state index in [0.717, 1.165) is 5.82 Å². The maximum atomic E-state index is 10.9. The molecule has 1 heterocycles. The number of carboxylic acid groups (broad SMARTS) is 1. The van der Waals surface area contributed by atoms with Gasteiger partial charge in [-0.1, -0.05) is 11.6 Å². The molecule has 0 aliphatic carbocycles. The molecule has 0 aliphatic heterocycles. The second-order valence-electron chi connectivity index (χ2n) is 3.96. The van der Waals surface area contributed by atoms with Crippen molar-refractivity contribution in [2.75, 3.05) is 0 Å². The van der Waals surface area contributed by atoms with E-state index in [2.05, 4.69) is 10.2 Å². The Hall–Kier alpha value is -2.08. The lowest BCUT2D eigenvalue weighted by atomic mass is 10.2. The number of aromatic nitrogens is 3. The zero-order valence-corrected chi connectivity index (χ0v) is 11.2. The van der Waals surface area contributed by atoms with E-state index < -0.39 is 5.97 Å². The van der Waals surface area contributed by atoms with Crippen molar-refractivity contribution in [3.63, 3.8) is 0 Å². The maximum Gasteiger partial charge on any atom is 0.337 e. The normalized spacial score (nSPS) is 10.5. The van der Waals surface area contributed by atoms with Crippen LogP contribution in [-0.4, -0.2) is 25.8 Å². The molecule has 7 heteroatoms. The Morgan fingerprint density at radius 1 is 1.47 bits per heavy atom. The van der Waals surface area contributed by atoms with Gasteiger partial charge >= 0.3 is 5.97 Å². The molecule has 1 aromatic heterocycles. The Balaban J connectivity index is 2.14. The van der Waals surface area contributed by atoms with Gasteiger partial charge in [0.25, 0.3) is 0 Å². The summed E-state index contributed by atoms with van der Waals surface area (Å²) in [4.78, 5) is 10.9. The molecule has 0 amide bonds. The first-order valence-corrected chi connectivity index (χ1v) is 5.87. The number of ether oxygens (including phenoxy) is 1. The molecule has 0 atom stereocenters. The van der Waals surface area contributed by atoms with Gasteiger partial charge in [-0.25, -0.2) is 4.79 Å². The molecule has 1 aromatic carbocycles. The van der Waals surface area contributed by atoms with E-state index in [1.54, 1.807) is 10.6 Å². The topological polar surface area (TPSA) is 77.2 Å². The van der Waals surface area contributed by atoms with Crippen LogP contribution in [0.4, 0.5) is 0 Å². The third kappa shape index (κ3) is 2.85. The molecule has 0 unspecified atom stereocenters. The summed E-state index contributed by atoms with van der Waals surface area (Å²) in [7, 11) is 1.83. The van der Waals surface area contributed by atoms with Crippen molar-refractivity contribution in [2.45, 2.75) is 13.5 Å². The van der Waals surface area contributed by atoms with Crippen LogP contribution >= 0.6 is 11.6 Å². The first kappa shape index (κ1) is 13.4. The Labute approximate surface area is 114 Å². The largest absolute Gasteiger partial charge is 0.486 e. The zero-order chi connectivity index (χ0) is 14.0. The van der Waals surface area contributed by atoms with Crippen molar-refractivity contribution >= 4 is 17.6 Å². The summed E-state index contributed by atoms with van der Waals surface area (Å²) < 4.78 is 7.29. The predicted molar refractivity (Wildman–Crippen MR) is 68.5 cm³/mol. The van der Waals surface area contributed by atoms with Crippen LogP contribution in [0, 0.1) is 6.92 Å². The number of hydrogen-bond donors (Lipinski definition) is 1. The number of hydrogen-bond acceptors (Lipinski definition) is 4. The number of carbonyl (C=O) groups is 1. The second kappa shape index (κ2) is 5.27. The summed E-state index contributed by atoms with van der Waals surface area (Å²) in [5.41, 5.74) is 0.00770. The fraction of sp³-hybridized carbons (Fsp3) is 0.250. The predicted octanol–water partition coefficient (Wildman–Crippen LogP) is 2.05. The van der Waals surface area contributed by atoms with Crippen molar-refractivity contribution in [3.05, 3.63) is 40.4 Å². The summed E-state index contributed by atoms with van der Waals surface area (Å²) in [5.74, 6) is 0.762. The van der Waals surface area contributed by atoms with Crippen molar-refractivity contribution in [3.8, 4) is 5.75 Å². The molecule has 2 aromatic rings. The SMILES string of the molecule is Cc1nnc(COc2ccc(Cl)c(C(=O)O)c2)n1C. The molecule has 0 saturated carbocycles. The van der Waals surface area contributed by atoms with E-state index in [1.807, 2.05) is 14.0 Å². The minimum atomic E-state index is -1.09. The van der Waals surface area contributed by atoms with Gasteiger partial charge in [0.2, 0.25) is 0 Å². The van der Waals surface area contributed by atoms with Gasteiger partial charge in [0.1, 0.15) is 18.2 Å². The van der Waals surface area contributed by atoms with E-state index in [-0.39, 0.29) is 17.2 Å². The summed E-state index contributed by atoms with van der Waals surface area (Å²) in [5, 5.41) is 17.0. The zero-order valence-electron chi connectivity index (χ0n) is 10.4. The molecular weight excluding hydrogens is 270 g/mol. The quantitative estimate of drug-likeness (QED) is 0.928. The van der Waals surface area contributed by atoms with Crippen molar-refractivity contribution in [2.24, 2.45) is 7.05 Å². The molecule has 6 nitrogen and oxygen atoms in total. The smallest absolute Gasteiger partial charge is 0.337 e. The first-order valence-electron chi connectivity index (χ1n) is 5.49. The molecule has 0 saturated heterocycles. The number of nitrogens with zero attached hydrogens (tertiary/aromatic N) is 3. The Morgan fingerprint density at radius 3 is 2.79 bits per heavy atom. The van der Waals surface area contributed by atoms with E-state index in [1.165, 1.54) is 12.1 Å². The third-order valence-corrected chi connectivity index (χ3v) is 3.05. The van der Waals surface area contributed by atoms with Crippen molar-refractivity contribution in [1.82, 2.24) is 14.8 Å². The van der Waals surface area contributed by atoms with Crippen molar-refractivity contribution in [1.29, 1.82) is 0 Å². The van der Waals surface area contributed by atoms with E-state index in [4.69, 9.17) is 21.4 Å². The van der Waals surface area contributed by atoms with Crippen LogP contribution < -0.4 is 4.74 Å². The van der Waals surface area contributed by atoms with Crippen LogP contribution in [-0.2, 0) is 13.7 Å². The van der Waals surface area contributed by atoms with Crippen LogP contribution in [0.3, 0.4) is 0 Å². The number of carboxylic acids is 1. The van der Waals surface area contributed by atoms with Gasteiger partial charge < -0.3 is 14.4 Å². The van der Waals surface area contributed by atoms with Gasteiger partial charge in [0.15, 0.2) is 5.82 Å². The molecule has 0 spiro atoms. The summed E-state index contributed by atoms with van der Waals surface area (Å²) in [6, 6.07) is 4.48. The van der Waals surface area contributed by atoms with Crippen LogP contribution in [0.25, 0.3) is 0 Å². The molecule has 0 fully saturated rings. The van der Waals surface area contributed by atoms with E-state index in [0.29, 0.717) is 11.6 Å². The highest BCUT2D eigenvalue weighted by molar-refractivity contribution is 6.33. The number of aryl methyl sites for hydroxylation is 1. The molecule has 2 rings (SSSR count). The molecule has 100 valence electrons. The second-order valence-corrected chi connectivity index (χ2v) is 4.37. The van der Waals surface area contributed by atoms with Gasteiger partial charge in [-0.05, 0) is 25.1 Å². The van der Waals surface area contributed by atoms with E-state index >= 15 is 0 Å². The monoisotopic (exact) mass is 281 g/mol. The Bertz CT molecular complexity index is 625. The number of benzene rings is 1. The van der Waals surface area contributed by atoms with Gasteiger partial charge in [-0.15, -0.1) is 10.2 Å².